The Morgan fingerprint density at radius 1 is 1.04 bits per heavy atom. The van der Waals surface area contributed by atoms with Gasteiger partial charge in [0.15, 0.2) is 0 Å². The first-order valence-corrected chi connectivity index (χ1v) is 9.92. The number of hydrogen-bond donors (Lipinski definition) is 3. The normalized spacial score (nSPS) is 11.9. The Morgan fingerprint density at radius 2 is 1.85 bits per heavy atom. The lowest BCUT2D eigenvalue weighted by atomic mass is 10.1. The molecule has 3 N–H and O–H groups in total. The van der Waals surface area contributed by atoms with Crippen molar-refractivity contribution in [2.45, 2.75) is 18.0 Å². The Kier molecular flexibility index (Phi) is 6.05. The second-order valence-corrected chi connectivity index (χ2v) is 7.76. The van der Waals surface area contributed by atoms with Crippen LogP contribution in [0.15, 0.2) is 59.6 Å². The summed E-state index contributed by atoms with van der Waals surface area (Å²) in [7, 11) is -1.95. The van der Waals surface area contributed by atoms with Crippen LogP contribution in [0.2, 0.25) is 0 Å². The van der Waals surface area contributed by atoms with Gasteiger partial charge in [-0.05, 0) is 35.4 Å². The third-order valence-corrected chi connectivity index (χ3v) is 5.64. The number of fused-ring (bicyclic) bond motifs is 1. The quantitative estimate of drug-likeness (QED) is 0.503. The lowest BCUT2D eigenvalue weighted by Crippen LogP contribution is -2.27. The van der Waals surface area contributed by atoms with Gasteiger partial charge in [0.25, 0.3) is 0 Å². The maximum absolute atomic E-state index is 12.1. The standard InChI is InChI=1S/C19H23N3O3S/c1-25-12-11-22-26(23,24)17-7-5-15(6-8-17)13-20-14-16-3-2-4-19-18(16)9-10-21-19/h2-10,20-22H,11-14H2,1H3. The number of aromatic amines is 1. The highest BCUT2D eigenvalue weighted by Gasteiger charge is 2.12. The van der Waals surface area contributed by atoms with Gasteiger partial charge in [-0.15, -0.1) is 0 Å². The fraction of sp³-hybridized carbons (Fsp3) is 0.263. The summed E-state index contributed by atoms with van der Waals surface area (Å²) in [6, 6.07) is 15.2. The number of ether oxygens (including phenoxy) is 1. The minimum absolute atomic E-state index is 0.257. The van der Waals surface area contributed by atoms with Crippen molar-refractivity contribution in [1.29, 1.82) is 0 Å². The molecule has 138 valence electrons. The zero-order valence-electron chi connectivity index (χ0n) is 14.7. The van der Waals surface area contributed by atoms with E-state index in [-0.39, 0.29) is 11.4 Å². The van der Waals surface area contributed by atoms with Crippen molar-refractivity contribution in [2.75, 3.05) is 20.3 Å². The van der Waals surface area contributed by atoms with E-state index in [2.05, 4.69) is 33.2 Å². The minimum atomic E-state index is -3.48. The average molecular weight is 373 g/mol. The van der Waals surface area contributed by atoms with Crippen LogP contribution in [0.4, 0.5) is 0 Å². The Labute approximate surface area is 153 Å². The first-order chi connectivity index (χ1) is 12.6. The summed E-state index contributed by atoms with van der Waals surface area (Å²) in [6.07, 6.45) is 1.94. The van der Waals surface area contributed by atoms with Crippen LogP contribution in [0.1, 0.15) is 11.1 Å². The van der Waals surface area contributed by atoms with Gasteiger partial charge in [-0.25, -0.2) is 13.1 Å². The first-order valence-electron chi connectivity index (χ1n) is 8.43. The van der Waals surface area contributed by atoms with Crippen LogP contribution in [-0.4, -0.2) is 33.7 Å². The predicted octanol–water partition coefficient (Wildman–Crippen LogP) is 2.38. The average Bonchev–Trinajstić information content (AvgIpc) is 3.12. The number of nitrogens with one attached hydrogen (secondary N) is 3. The van der Waals surface area contributed by atoms with Crippen molar-refractivity contribution in [1.82, 2.24) is 15.0 Å². The van der Waals surface area contributed by atoms with E-state index in [0.29, 0.717) is 13.2 Å². The van der Waals surface area contributed by atoms with Crippen LogP contribution in [0.25, 0.3) is 10.9 Å². The molecule has 0 bridgehead atoms. The Hall–Kier alpha value is -2.19. The van der Waals surface area contributed by atoms with E-state index in [1.807, 2.05) is 24.4 Å². The Bertz CT molecular complexity index is 950. The number of rotatable bonds is 9. The molecular weight excluding hydrogens is 350 g/mol. The molecule has 0 saturated carbocycles. The summed E-state index contributed by atoms with van der Waals surface area (Å²) in [5.41, 5.74) is 3.38. The number of benzene rings is 2. The highest BCUT2D eigenvalue weighted by Crippen LogP contribution is 2.17. The molecule has 0 unspecified atom stereocenters. The maximum atomic E-state index is 12.1. The second-order valence-electron chi connectivity index (χ2n) is 5.99. The zero-order chi connectivity index (χ0) is 18.4. The van der Waals surface area contributed by atoms with Crippen LogP contribution in [0, 0.1) is 0 Å². The molecule has 0 aliphatic rings. The molecule has 0 radical (unpaired) electrons. The monoisotopic (exact) mass is 373 g/mol. The second kappa shape index (κ2) is 8.46. The number of hydrogen-bond acceptors (Lipinski definition) is 4. The van der Waals surface area contributed by atoms with Gasteiger partial charge in [0.05, 0.1) is 11.5 Å². The molecule has 1 heterocycles. The van der Waals surface area contributed by atoms with Gasteiger partial charge >= 0.3 is 0 Å². The minimum Gasteiger partial charge on any atom is -0.383 e. The van der Waals surface area contributed by atoms with Crippen molar-refractivity contribution in [3.05, 3.63) is 65.9 Å². The van der Waals surface area contributed by atoms with E-state index < -0.39 is 10.0 Å². The van der Waals surface area contributed by atoms with Crippen molar-refractivity contribution in [3.63, 3.8) is 0 Å². The smallest absolute Gasteiger partial charge is 0.240 e. The van der Waals surface area contributed by atoms with Gasteiger partial charge in [0.2, 0.25) is 10.0 Å². The van der Waals surface area contributed by atoms with Crippen LogP contribution in [-0.2, 0) is 27.8 Å². The van der Waals surface area contributed by atoms with Crippen molar-refractivity contribution < 1.29 is 13.2 Å². The summed E-state index contributed by atoms with van der Waals surface area (Å²) < 4.78 is 31.6. The first kappa shape index (κ1) is 18.6. The zero-order valence-corrected chi connectivity index (χ0v) is 15.5. The van der Waals surface area contributed by atoms with E-state index in [1.165, 1.54) is 18.1 Å². The fourth-order valence-corrected chi connectivity index (χ4v) is 3.81. The van der Waals surface area contributed by atoms with E-state index in [0.717, 1.165) is 17.6 Å². The molecule has 0 amide bonds. The molecule has 1 aromatic heterocycles. The van der Waals surface area contributed by atoms with E-state index in [1.54, 1.807) is 12.1 Å². The van der Waals surface area contributed by atoms with Gasteiger partial charge in [-0.1, -0.05) is 24.3 Å². The summed E-state index contributed by atoms with van der Waals surface area (Å²) >= 11 is 0. The lowest BCUT2D eigenvalue weighted by molar-refractivity contribution is 0.204. The van der Waals surface area contributed by atoms with Crippen LogP contribution in [0.3, 0.4) is 0 Å². The van der Waals surface area contributed by atoms with E-state index in [9.17, 15) is 8.42 Å². The molecular formula is C19H23N3O3S. The summed E-state index contributed by atoms with van der Waals surface area (Å²) in [4.78, 5) is 3.47. The number of H-pyrrole nitrogens is 1. The third kappa shape index (κ3) is 4.50. The molecule has 0 fully saturated rings. The summed E-state index contributed by atoms with van der Waals surface area (Å²) in [5.74, 6) is 0. The SMILES string of the molecule is COCCNS(=O)(=O)c1ccc(CNCc2cccc3[nH]ccc23)cc1. The number of sulfonamides is 1. The molecule has 0 saturated heterocycles. The van der Waals surface area contributed by atoms with E-state index in [4.69, 9.17) is 4.74 Å². The molecule has 3 rings (SSSR count). The molecule has 6 nitrogen and oxygen atoms in total. The third-order valence-electron chi connectivity index (χ3n) is 4.16. The molecule has 2 aromatic carbocycles. The molecule has 3 aromatic rings. The number of methoxy groups -OCH3 is 1. The van der Waals surface area contributed by atoms with Crippen molar-refractivity contribution in [3.8, 4) is 0 Å². The van der Waals surface area contributed by atoms with Gasteiger partial charge in [-0.2, -0.15) is 0 Å². The van der Waals surface area contributed by atoms with Gasteiger partial charge in [0.1, 0.15) is 0 Å². The maximum Gasteiger partial charge on any atom is 0.240 e. The van der Waals surface area contributed by atoms with Crippen molar-refractivity contribution in [2.24, 2.45) is 0 Å². The topological polar surface area (TPSA) is 83.2 Å². The summed E-state index contributed by atoms with van der Waals surface area (Å²) in [5, 5.41) is 4.62. The van der Waals surface area contributed by atoms with Gasteiger partial charge in [-0.3, -0.25) is 0 Å². The number of aromatic nitrogens is 1. The predicted molar refractivity (Wildman–Crippen MR) is 102 cm³/mol. The molecule has 0 aliphatic heterocycles. The Balaban J connectivity index is 1.57. The molecule has 7 heteroatoms. The highest BCUT2D eigenvalue weighted by molar-refractivity contribution is 7.89. The van der Waals surface area contributed by atoms with Crippen LogP contribution >= 0.6 is 0 Å². The molecule has 26 heavy (non-hydrogen) atoms. The van der Waals surface area contributed by atoms with Gasteiger partial charge < -0.3 is 15.0 Å². The van der Waals surface area contributed by atoms with Crippen molar-refractivity contribution >= 4 is 20.9 Å². The molecule has 0 aliphatic carbocycles. The fourth-order valence-electron chi connectivity index (χ4n) is 2.79. The molecule has 0 spiro atoms. The highest BCUT2D eigenvalue weighted by atomic mass is 32.2. The largest absolute Gasteiger partial charge is 0.383 e. The molecule has 0 atom stereocenters. The summed E-state index contributed by atoms with van der Waals surface area (Å²) in [6.45, 7) is 2.01. The Morgan fingerprint density at radius 3 is 2.62 bits per heavy atom. The van der Waals surface area contributed by atoms with Gasteiger partial charge in [0, 0.05) is 43.8 Å². The lowest BCUT2D eigenvalue weighted by Gasteiger charge is -2.09. The van der Waals surface area contributed by atoms with E-state index >= 15 is 0 Å². The van der Waals surface area contributed by atoms with Crippen LogP contribution < -0.4 is 10.0 Å². The van der Waals surface area contributed by atoms with Crippen LogP contribution in [0.5, 0.6) is 0 Å².